The predicted molar refractivity (Wildman–Crippen MR) is 82.7 cm³/mol. The van der Waals surface area contributed by atoms with E-state index >= 15 is 0 Å². The van der Waals surface area contributed by atoms with Crippen molar-refractivity contribution in [3.05, 3.63) is 64.7 Å². The molecule has 2 aromatic carbocycles. The second-order valence-electron chi connectivity index (χ2n) is 4.53. The van der Waals surface area contributed by atoms with Gasteiger partial charge in [0.25, 0.3) is 0 Å². The van der Waals surface area contributed by atoms with Crippen LogP contribution in [0.2, 0.25) is 5.02 Å². The van der Waals surface area contributed by atoms with E-state index < -0.39 is 0 Å². The average Bonchev–Trinajstić information content (AvgIpc) is 2.42. The Bertz CT molecular complexity index is 599. The fourth-order valence-electron chi connectivity index (χ4n) is 1.96. The Morgan fingerprint density at radius 1 is 1.00 bits per heavy atom. The van der Waals surface area contributed by atoms with E-state index in [1.54, 1.807) is 0 Å². The number of rotatable bonds is 5. The van der Waals surface area contributed by atoms with Gasteiger partial charge in [-0.2, -0.15) is 0 Å². The molecule has 104 valence electrons. The molecular formula is C16H17ClN2O. The molecule has 0 fully saturated rings. The number of anilines is 1. The lowest BCUT2D eigenvalue weighted by atomic mass is 10.1. The highest BCUT2D eigenvalue weighted by atomic mass is 35.5. The summed E-state index contributed by atoms with van der Waals surface area (Å²) in [6.07, 6.45) is 0. The molecule has 1 amide bonds. The molecule has 0 heterocycles. The van der Waals surface area contributed by atoms with Crippen LogP contribution in [0.5, 0.6) is 0 Å². The molecule has 0 radical (unpaired) electrons. The lowest BCUT2D eigenvalue weighted by Crippen LogP contribution is -2.15. The van der Waals surface area contributed by atoms with Crippen LogP contribution in [0.15, 0.2) is 48.5 Å². The van der Waals surface area contributed by atoms with E-state index in [1.165, 1.54) is 6.92 Å². The topological polar surface area (TPSA) is 41.1 Å². The second-order valence-corrected chi connectivity index (χ2v) is 4.94. The highest BCUT2D eigenvalue weighted by Gasteiger charge is 2.03. The van der Waals surface area contributed by atoms with E-state index in [0.29, 0.717) is 13.1 Å². The fourth-order valence-corrected chi connectivity index (χ4v) is 2.16. The molecule has 3 nitrogen and oxygen atoms in total. The van der Waals surface area contributed by atoms with Crippen LogP contribution in [0.25, 0.3) is 0 Å². The molecule has 0 saturated heterocycles. The van der Waals surface area contributed by atoms with Crippen molar-refractivity contribution >= 4 is 23.2 Å². The molecule has 0 saturated carbocycles. The Hall–Kier alpha value is -1.84. The highest BCUT2D eigenvalue weighted by molar-refractivity contribution is 6.31. The Balaban J connectivity index is 1.97. The predicted octanol–water partition coefficient (Wildman–Crippen LogP) is 3.59. The first-order chi connectivity index (χ1) is 9.66. The molecule has 0 unspecified atom stereocenters. The maximum absolute atomic E-state index is 11.2. The number of hydrogen-bond donors (Lipinski definition) is 2. The third-order valence-electron chi connectivity index (χ3n) is 2.92. The summed E-state index contributed by atoms with van der Waals surface area (Å²) in [6.45, 7) is 2.86. The molecule has 20 heavy (non-hydrogen) atoms. The van der Waals surface area contributed by atoms with Gasteiger partial charge >= 0.3 is 0 Å². The van der Waals surface area contributed by atoms with Crippen molar-refractivity contribution in [2.45, 2.75) is 20.0 Å². The summed E-state index contributed by atoms with van der Waals surface area (Å²) in [5.41, 5.74) is 2.95. The Morgan fingerprint density at radius 3 is 2.30 bits per heavy atom. The van der Waals surface area contributed by atoms with E-state index in [2.05, 4.69) is 10.6 Å². The van der Waals surface area contributed by atoms with Gasteiger partial charge in [0.15, 0.2) is 0 Å². The first-order valence-corrected chi connectivity index (χ1v) is 6.84. The maximum atomic E-state index is 11.2. The normalized spacial score (nSPS) is 10.3. The Morgan fingerprint density at radius 2 is 1.60 bits per heavy atom. The molecule has 0 spiro atoms. The zero-order chi connectivity index (χ0) is 14.4. The molecule has 2 aromatic rings. The fraction of sp³-hybridized carbons (Fsp3) is 0.188. The second kappa shape index (κ2) is 7.08. The molecule has 0 aromatic heterocycles. The van der Waals surface area contributed by atoms with Crippen molar-refractivity contribution in [3.8, 4) is 0 Å². The monoisotopic (exact) mass is 288 g/mol. The third-order valence-corrected chi connectivity index (χ3v) is 3.29. The lowest BCUT2D eigenvalue weighted by Gasteiger charge is -2.11. The quantitative estimate of drug-likeness (QED) is 0.883. The van der Waals surface area contributed by atoms with Crippen molar-refractivity contribution in [2.75, 3.05) is 5.32 Å². The molecule has 2 N–H and O–H groups in total. The SMILES string of the molecule is CC(=O)Nc1ccccc1CNCc1ccccc1Cl. The summed E-state index contributed by atoms with van der Waals surface area (Å²) in [6, 6.07) is 15.5. The van der Waals surface area contributed by atoms with Gasteiger partial charge in [-0.1, -0.05) is 48.0 Å². The van der Waals surface area contributed by atoms with Gasteiger partial charge in [-0.05, 0) is 23.3 Å². The van der Waals surface area contributed by atoms with Gasteiger partial charge in [0.05, 0.1) is 0 Å². The largest absolute Gasteiger partial charge is 0.326 e. The summed E-state index contributed by atoms with van der Waals surface area (Å²) in [7, 11) is 0. The summed E-state index contributed by atoms with van der Waals surface area (Å²) in [4.78, 5) is 11.2. The summed E-state index contributed by atoms with van der Waals surface area (Å²) in [5.74, 6) is -0.0662. The zero-order valence-corrected chi connectivity index (χ0v) is 12.1. The minimum atomic E-state index is -0.0662. The van der Waals surface area contributed by atoms with Gasteiger partial charge < -0.3 is 10.6 Å². The van der Waals surface area contributed by atoms with E-state index in [1.807, 2.05) is 48.5 Å². The smallest absolute Gasteiger partial charge is 0.221 e. The molecule has 2 rings (SSSR count). The van der Waals surface area contributed by atoms with E-state index in [0.717, 1.165) is 21.8 Å². The van der Waals surface area contributed by atoms with Crippen LogP contribution in [0.3, 0.4) is 0 Å². The lowest BCUT2D eigenvalue weighted by molar-refractivity contribution is -0.114. The van der Waals surface area contributed by atoms with Gasteiger partial charge in [-0.3, -0.25) is 4.79 Å². The van der Waals surface area contributed by atoms with E-state index in [4.69, 9.17) is 11.6 Å². The molecule has 4 heteroatoms. The van der Waals surface area contributed by atoms with Crippen molar-refractivity contribution in [2.24, 2.45) is 0 Å². The van der Waals surface area contributed by atoms with E-state index in [-0.39, 0.29) is 5.91 Å². The van der Waals surface area contributed by atoms with E-state index in [9.17, 15) is 4.79 Å². The number of carbonyl (C=O) groups is 1. The number of para-hydroxylation sites is 1. The Kier molecular flexibility index (Phi) is 5.16. The van der Waals surface area contributed by atoms with Crippen LogP contribution in [-0.4, -0.2) is 5.91 Å². The van der Waals surface area contributed by atoms with Crippen LogP contribution in [0.4, 0.5) is 5.69 Å². The van der Waals surface area contributed by atoms with Crippen molar-refractivity contribution in [1.82, 2.24) is 5.32 Å². The first-order valence-electron chi connectivity index (χ1n) is 6.46. The zero-order valence-electron chi connectivity index (χ0n) is 11.3. The molecule has 0 aliphatic rings. The van der Waals surface area contributed by atoms with Gasteiger partial charge in [-0.15, -0.1) is 0 Å². The molecule has 0 atom stereocenters. The van der Waals surface area contributed by atoms with Crippen LogP contribution < -0.4 is 10.6 Å². The number of nitrogens with one attached hydrogen (secondary N) is 2. The number of hydrogen-bond acceptors (Lipinski definition) is 2. The molecular weight excluding hydrogens is 272 g/mol. The minimum absolute atomic E-state index is 0.0662. The number of halogens is 1. The minimum Gasteiger partial charge on any atom is -0.326 e. The van der Waals surface area contributed by atoms with Crippen molar-refractivity contribution in [3.63, 3.8) is 0 Å². The standard InChI is InChI=1S/C16H17ClN2O/c1-12(20)19-16-9-5-3-7-14(16)11-18-10-13-6-2-4-8-15(13)17/h2-9,18H,10-11H2,1H3,(H,19,20). The van der Waals surface area contributed by atoms with Gasteiger partial charge in [-0.25, -0.2) is 0 Å². The highest BCUT2D eigenvalue weighted by Crippen LogP contribution is 2.17. The van der Waals surface area contributed by atoms with Crippen LogP contribution in [0.1, 0.15) is 18.1 Å². The van der Waals surface area contributed by atoms with Crippen molar-refractivity contribution in [1.29, 1.82) is 0 Å². The third kappa shape index (κ3) is 4.08. The van der Waals surface area contributed by atoms with Gasteiger partial charge in [0, 0.05) is 30.7 Å². The Labute approximate surface area is 124 Å². The molecule has 0 aliphatic heterocycles. The summed E-state index contributed by atoms with van der Waals surface area (Å²) in [5, 5.41) is 6.92. The number of amides is 1. The first kappa shape index (κ1) is 14.6. The number of benzene rings is 2. The van der Waals surface area contributed by atoms with Crippen molar-refractivity contribution < 1.29 is 4.79 Å². The number of carbonyl (C=O) groups excluding carboxylic acids is 1. The molecule has 0 aliphatic carbocycles. The van der Waals surface area contributed by atoms with Gasteiger partial charge in [0.1, 0.15) is 0 Å². The van der Waals surface area contributed by atoms with Gasteiger partial charge in [0.2, 0.25) is 5.91 Å². The summed E-state index contributed by atoms with van der Waals surface area (Å²) < 4.78 is 0. The average molecular weight is 289 g/mol. The van der Waals surface area contributed by atoms with Crippen LogP contribution >= 0.6 is 11.6 Å². The maximum Gasteiger partial charge on any atom is 0.221 e. The van der Waals surface area contributed by atoms with Crippen LogP contribution in [-0.2, 0) is 17.9 Å². The van der Waals surface area contributed by atoms with Crippen LogP contribution in [0, 0.1) is 0 Å². The molecule has 0 bridgehead atoms. The summed E-state index contributed by atoms with van der Waals surface area (Å²) >= 11 is 6.11.